The molecule has 2 aromatic carbocycles. The van der Waals surface area contributed by atoms with E-state index in [0.29, 0.717) is 5.92 Å². The Kier molecular flexibility index (Phi) is 8.25. The van der Waals surface area contributed by atoms with Gasteiger partial charge in [-0.25, -0.2) is 8.78 Å². The van der Waals surface area contributed by atoms with Crippen LogP contribution in [0.5, 0.6) is 0 Å². The molecule has 33 heavy (non-hydrogen) atoms. The van der Waals surface area contributed by atoms with Gasteiger partial charge >= 0.3 is 0 Å². The summed E-state index contributed by atoms with van der Waals surface area (Å²) in [4.78, 5) is 0. The first-order chi connectivity index (χ1) is 15.9. The molecule has 2 aromatic rings. The van der Waals surface area contributed by atoms with Crippen molar-refractivity contribution in [2.45, 2.75) is 104 Å². The lowest BCUT2D eigenvalue weighted by molar-refractivity contribution is 0.262. The van der Waals surface area contributed by atoms with E-state index < -0.39 is 11.6 Å². The maximum absolute atomic E-state index is 13.8. The highest BCUT2D eigenvalue weighted by molar-refractivity contribution is 5.71. The second-order valence-corrected chi connectivity index (χ2v) is 11.3. The van der Waals surface area contributed by atoms with Gasteiger partial charge in [-0.05, 0) is 103 Å². The summed E-state index contributed by atoms with van der Waals surface area (Å²) in [5, 5.41) is 0. The Balaban J connectivity index is 1.26. The normalized spacial score (nSPS) is 25.8. The topological polar surface area (TPSA) is 0 Å². The third kappa shape index (κ3) is 6.25. The zero-order valence-corrected chi connectivity index (χ0v) is 20.9. The maximum Gasteiger partial charge on any atom is 0.159 e. The third-order valence-electron chi connectivity index (χ3n) is 8.69. The molecule has 180 valence electrons. The van der Waals surface area contributed by atoms with Crippen LogP contribution in [0.3, 0.4) is 0 Å². The van der Waals surface area contributed by atoms with Crippen LogP contribution in [-0.4, -0.2) is 0 Å². The highest BCUT2D eigenvalue weighted by atomic mass is 19.2. The standard InChI is InChI=1S/C31H42F2/c1-21-8-10-24(11-9-21)6-4-5-7-25-12-14-26(15-13-25)28-18-22(2)31(23(3)19-28)27-16-17-29(32)30(33)20-27/h16-21,24-26H,4-15H2,1-3H3. The molecule has 0 nitrogen and oxygen atoms in total. The molecule has 0 radical (unpaired) electrons. The van der Waals surface area contributed by atoms with Crippen LogP contribution in [0.1, 0.15) is 107 Å². The van der Waals surface area contributed by atoms with Crippen molar-refractivity contribution in [1.82, 2.24) is 0 Å². The molecule has 0 unspecified atom stereocenters. The molecule has 0 spiro atoms. The van der Waals surface area contributed by atoms with Crippen molar-refractivity contribution >= 4 is 0 Å². The summed E-state index contributed by atoms with van der Waals surface area (Å²) in [6.45, 7) is 6.62. The molecule has 0 atom stereocenters. The van der Waals surface area contributed by atoms with Gasteiger partial charge in [0.15, 0.2) is 11.6 Å². The van der Waals surface area contributed by atoms with Crippen molar-refractivity contribution in [2.75, 3.05) is 0 Å². The Morgan fingerprint density at radius 1 is 0.697 bits per heavy atom. The minimum Gasteiger partial charge on any atom is -0.204 e. The third-order valence-corrected chi connectivity index (χ3v) is 8.69. The van der Waals surface area contributed by atoms with Gasteiger partial charge in [0.1, 0.15) is 0 Å². The molecule has 0 saturated heterocycles. The number of hydrogen-bond donors (Lipinski definition) is 0. The Labute approximate surface area is 200 Å². The monoisotopic (exact) mass is 452 g/mol. The van der Waals surface area contributed by atoms with E-state index in [9.17, 15) is 8.78 Å². The summed E-state index contributed by atoms with van der Waals surface area (Å²) < 4.78 is 27.2. The summed E-state index contributed by atoms with van der Waals surface area (Å²) in [6, 6.07) is 8.82. The second-order valence-electron chi connectivity index (χ2n) is 11.3. The molecular formula is C31H42F2. The Morgan fingerprint density at radius 3 is 1.79 bits per heavy atom. The summed E-state index contributed by atoms with van der Waals surface area (Å²) in [5.74, 6) is 1.97. The fourth-order valence-corrected chi connectivity index (χ4v) is 6.61. The van der Waals surface area contributed by atoms with E-state index in [0.717, 1.165) is 40.0 Å². The summed E-state index contributed by atoms with van der Waals surface area (Å²) >= 11 is 0. The van der Waals surface area contributed by atoms with Gasteiger partial charge in [0.25, 0.3) is 0 Å². The summed E-state index contributed by atoms with van der Waals surface area (Å²) in [5.41, 5.74) is 5.56. The first-order valence-electron chi connectivity index (χ1n) is 13.5. The van der Waals surface area contributed by atoms with E-state index in [-0.39, 0.29) is 0 Å². The van der Waals surface area contributed by atoms with E-state index in [1.54, 1.807) is 6.07 Å². The second kappa shape index (κ2) is 11.2. The van der Waals surface area contributed by atoms with Gasteiger partial charge in [0, 0.05) is 0 Å². The molecule has 0 heterocycles. The van der Waals surface area contributed by atoms with Crippen molar-refractivity contribution in [1.29, 1.82) is 0 Å². The van der Waals surface area contributed by atoms with E-state index >= 15 is 0 Å². The fourth-order valence-electron chi connectivity index (χ4n) is 6.61. The van der Waals surface area contributed by atoms with Crippen molar-refractivity contribution in [3.8, 4) is 11.1 Å². The number of unbranched alkanes of at least 4 members (excludes halogenated alkanes) is 1. The molecule has 2 fully saturated rings. The van der Waals surface area contributed by atoms with Crippen molar-refractivity contribution in [2.24, 2.45) is 17.8 Å². The molecular weight excluding hydrogens is 410 g/mol. The molecule has 2 saturated carbocycles. The van der Waals surface area contributed by atoms with Crippen molar-refractivity contribution in [3.05, 3.63) is 58.7 Å². The minimum atomic E-state index is -0.786. The van der Waals surface area contributed by atoms with Crippen LogP contribution in [-0.2, 0) is 0 Å². The summed E-state index contributed by atoms with van der Waals surface area (Å²) in [7, 11) is 0. The van der Waals surface area contributed by atoms with Crippen LogP contribution in [0.2, 0.25) is 0 Å². The highest BCUT2D eigenvalue weighted by Gasteiger charge is 2.24. The molecule has 2 heteroatoms. The first-order valence-corrected chi connectivity index (χ1v) is 13.5. The predicted octanol–water partition coefficient (Wildman–Crippen LogP) is 9.91. The van der Waals surface area contributed by atoms with Crippen molar-refractivity contribution in [3.63, 3.8) is 0 Å². The van der Waals surface area contributed by atoms with E-state index in [4.69, 9.17) is 0 Å². The van der Waals surface area contributed by atoms with Crippen LogP contribution in [0.4, 0.5) is 8.78 Å². The average Bonchev–Trinajstić information content (AvgIpc) is 2.80. The number of rotatable bonds is 7. The quantitative estimate of drug-likeness (QED) is 0.367. The zero-order chi connectivity index (χ0) is 23.4. The fraction of sp³-hybridized carbons (Fsp3) is 0.613. The van der Waals surface area contributed by atoms with E-state index in [1.807, 2.05) is 0 Å². The first kappa shape index (κ1) is 24.4. The number of halogens is 2. The lowest BCUT2D eigenvalue weighted by Crippen LogP contribution is -2.14. The SMILES string of the molecule is Cc1cc(C2CCC(CCCCC3CCC(C)CC3)CC2)cc(C)c1-c1ccc(F)c(F)c1. The average molecular weight is 453 g/mol. The molecule has 0 aromatic heterocycles. The van der Waals surface area contributed by atoms with Crippen LogP contribution in [0.25, 0.3) is 11.1 Å². The van der Waals surface area contributed by atoms with Gasteiger partial charge in [-0.15, -0.1) is 0 Å². The van der Waals surface area contributed by atoms with Gasteiger partial charge < -0.3 is 0 Å². The van der Waals surface area contributed by atoms with E-state index in [2.05, 4.69) is 32.9 Å². The van der Waals surface area contributed by atoms with Gasteiger partial charge in [0.05, 0.1) is 0 Å². The zero-order valence-electron chi connectivity index (χ0n) is 20.9. The van der Waals surface area contributed by atoms with Gasteiger partial charge in [-0.3, -0.25) is 0 Å². The van der Waals surface area contributed by atoms with Crippen LogP contribution in [0.15, 0.2) is 30.3 Å². The molecule has 0 N–H and O–H groups in total. The lowest BCUT2D eigenvalue weighted by Gasteiger charge is -2.30. The largest absolute Gasteiger partial charge is 0.204 e. The molecule has 0 amide bonds. The summed E-state index contributed by atoms with van der Waals surface area (Å²) in [6.07, 6.45) is 16.9. The molecule has 0 bridgehead atoms. The Bertz CT molecular complexity index is 892. The maximum atomic E-state index is 13.8. The van der Waals surface area contributed by atoms with Crippen molar-refractivity contribution < 1.29 is 8.78 Å². The molecule has 2 aliphatic rings. The molecule has 2 aliphatic carbocycles. The highest BCUT2D eigenvalue weighted by Crippen LogP contribution is 2.40. The number of hydrogen-bond acceptors (Lipinski definition) is 0. The van der Waals surface area contributed by atoms with E-state index in [1.165, 1.54) is 94.7 Å². The number of benzene rings is 2. The van der Waals surface area contributed by atoms with Gasteiger partial charge in [-0.1, -0.05) is 76.5 Å². The number of aryl methyl sites for hydroxylation is 2. The Hall–Kier alpha value is -1.70. The molecule has 4 rings (SSSR count). The van der Waals surface area contributed by atoms with Gasteiger partial charge in [0.2, 0.25) is 0 Å². The van der Waals surface area contributed by atoms with Crippen LogP contribution < -0.4 is 0 Å². The van der Waals surface area contributed by atoms with Gasteiger partial charge in [-0.2, -0.15) is 0 Å². The lowest BCUT2D eigenvalue weighted by atomic mass is 9.75. The minimum absolute atomic E-state index is 0.641. The Morgan fingerprint density at radius 2 is 1.24 bits per heavy atom. The molecule has 0 aliphatic heterocycles. The predicted molar refractivity (Wildman–Crippen MR) is 136 cm³/mol. The van der Waals surface area contributed by atoms with Crippen LogP contribution >= 0.6 is 0 Å². The van der Waals surface area contributed by atoms with Crippen LogP contribution in [0, 0.1) is 43.2 Å². The smallest absolute Gasteiger partial charge is 0.159 e.